The van der Waals surface area contributed by atoms with Gasteiger partial charge in [-0.3, -0.25) is 0 Å². The summed E-state index contributed by atoms with van der Waals surface area (Å²) in [5, 5.41) is 0. The minimum Gasteiger partial charge on any atom is -0.462 e. The standard InChI is InChI=1S/C13H15FO2/c14-12-8-4-3-7-11(12)13(15)16-9-10-5-1-2-6-10/h3-4,7-8,10H,1-2,5-6,9H2. The predicted molar refractivity (Wildman–Crippen MR) is 58.6 cm³/mol. The topological polar surface area (TPSA) is 26.3 Å². The van der Waals surface area contributed by atoms with Crippen LogP contribution in [0.25, 0.3) is 0 Å². The molecule has 0 saturated heterocycles. The third kappa shape index (κ3) is 2.60. The van der Waals surface area contributed by atoms with Crippen molar-refractivity contribution in [2.24, 2.45) is 5.92 Å². The molecule has 1 aromatic carbocycles. The Balaban J connectivity index is 1.90. The smallest absolute Gasteiger partial charge is 0.341 e. The van der Waals surface area contributed by atoms with Crippen molar-refractivity contribution >= 4 is 5.97 Å². The Morgan fingerprint density at radius 2 is 2.00 bits per heavy atom. The van der Waals surface area contributed by atoms with Crippen LogP contribution in [0.4, 0.5) is 4.39 Å². The van der Waals surface area contributed by atoms with Gasteiger partial charge in [0.2, 0.25) is 0 Å². The molecule has 1 aliphatic rings. The fraction of sp³-hybridized carbons (Fsp3) is 0.462. The molecule has 0 heterocycles. The van der Waals surface area contributed by atoms with Crippen LogP contribution < -0.4 is 0 Å². The monoisotopic (exact) mass is 222 g/mol. The van der Waals surface area contributed by atoms with Crippen LogP contribution in [0.15, 0.2) is 24.3 Å². The second-order valence-corrected chi connectivity index (χ2v) is 4.23. The lowest BCUT2D eigenvalue weighted by molar-refractivity contribution is 0.0437. The molecule has 16 heavy (non-hydrogen) atoms. The molecule has 1 saturated carbocycles. The predicted octanol–water partition coefficient (Wildman–Crippen LogP) is 3.17. The van der Waals surface area contributed by atoms with Gasteiger partial charge in [0.05, 0.1) is 12.2 Å². The van der Waals surface area contributed by atoms with Gasteiger partial charge in [-0.2, -0.15) is 0 Å². The molecule has 2 rings (SSSR count). The lowest BCUT2D eigenvalue weighted by Crippen LogP contribution is -2.13. The first-order chi connectivity index (χ1) is 7.77. The Labute approximate surface area is 94.4 Å². The van der Waals surface area contributed by atoms with E-state index in [0.717, 1.165) is 12.8 Å². The molecular weight excluding hydrogens is 207 g/mol. The van der Waals surface area contributed by atoms with Crippen LogP contribution in [0.1, 0.15) is 36.0 Å². The first-order valence-electron chi connectivity index (χ1n) is 5.69. The van der Waals surface area contributed by atoms with Crippen molar-refractivity contribution in [3.8, 4) is 0 Å². The van der Waals surface area contributed by atoms with E-state index < -0.39 is 11.8 Å². The Morgan fingerprint density at radius 3 is 2.69 bits per heavy atom. The van der Waals surface area contributed by atoms with Gasteiger partial charge < -0.3 is 4.74 Å². The highest BCUT2D eigenvalue weighted by molar-refractivity contribution is 5.89. The first kappa shape index (κ1) is 11.1. The SMILES string of the molecule is O=C(OCC1CCCC1)c1ccccc1F. The van der Waals surface area contributed by atoms with Gasteiger partial charge >= 0.3 is 5.97 Å². The summed E-state index contributed by atoms with van der Waals surface area (Å²) in [7, 11) is 0. The summed E-state index contributed by atoms with van der Waals surface area (Å²) in [5.74, 6) is -0.598. The molecular formula is C13H15FO2. The van der Waals surface area contributed by atoms with E-state index >= 15 is 0 Å². The summed E-state index contributed by atoms with van der Waals surface area (Å²) in [6, 6.07) is 5.91. The van der Waals surface area contributed by atoms with Gasteiger partial charge in [0.25, 0.3) is 0 Å². The maximum atomic E-state index is 13.2. The number of carbonyl (C=O) groups excluding carboxylic acids is 1. The number of halogens is 1. The van der Waals surface area contributed by atoms with E-state index in [0.29, 0.717) is 12.5 Å². The molecule has 3 heteroatoms. The minimum atomic E-state index is -0.551. The fourth-order valence-electron chi connectivity index (χ4n) is 2.08. The van der Waals surface area contributed by atoms with Gasteiger partial charge in [-0.05, 0) is 30.9 Å². The van der Waals surface area contributed by atoms with Crippen LogP contribution in [-0.2, 0) is 4.74 Å². The molecule has 0 bridgehead atoms. The molecule has 0 unspecified atom stereocenters. The van der Waals surface area contributed by atoms with Crippen LogP contribution in [0.2, 0.25) is 0 Å². The molecule has 1 fully saturated rings. The van der Waals surface area contributed by atoms with Crippen LogP contribution in [0.5, 0.6) is 0 Å². The molecule has 1 aliphatic carbocycles. The fourth-order valence-corrected chi connectivity index (χ4v) is 2.08. The highest BCUT2D eigenvalue weighted by Gasteiger charge is 2.18. The van der Waals surface area contributed by atoms with E-state index in [-0.39, 0.29) is 5.56 Å². The number of hydrogen-bond acceptors (Lipinski definition) is 2. The van der Waals surface area contributed by atoms with Crippen molar-refractivity contribution in [3.63, 3.8) is 0 Å². The largest absolute Gasteiger partial charge is 0.462 e. The van der Waals surface area contributed by atoms with Crippen LogP contribution in [0, 0.1) is 11.7 Å². The molecule has 0 N–H and O–H groups in total. The molecule has 1 aromatic rings. The summed E-state index contributed by atoms with van der Waals surface area (Å²) in [5.41, 5.74) is 0.0282. The average molecular weight is 222 g/mol. The molecule has 2 nitrogen and oxygen atoms in total. The van der Waals surface area contributed by atoms with Crippen molar-refractivity contribution in [3.05, 3.63) is 35.6 Å². The number of rotatable bonds is 3. The lowest BCUT2D eigenvalue weighted by atomic mass is 10.1. The summed E-state index contributed by atoms with van der Waals surface area (Å²) >= 11 is 0. The zero-order valence-corrected chi connectivity index (χ0v) is 9.12. The van der Waals surface area contributed by atoms with Crippen molar-refractivity contribution in [1.29, 1.82) is 0 Å². The Kier molecular flexibility index (Phi) is 3.54. The highest BCUT2D eigenvalue weighted by Crippen LogP contribution is 2.25. The van der Waals surface area contributed by atoms with E-state index in [4.69, 9.17) is 4.74 Å². The van der Waals surface area contributed by atoms with Gasteiger partial charge in [-0.1, -0.05) is 25.0 Å². The second-order valence-electron chi connectivity index (χ2n) is 4.23. The highest BCUT2D eigenvalue weighted by atomic mass is 19.1. The molecule has 86 valence electrons. The number of ether oxygens (including phenoxy) is 1. The third-order valence-electron chi connectivity index (χ3n) is 3.02. The molecule has 0 amide bonds. The second kappa shape index (κ2) is 5.10. The molecule has 0 aromatic heterocycles. The normalized spacial score (nSPS) is 16.3. The van der Waals surface area contributed by atoms with E-state index in [2.05, 4.69) is 0 Å². The van der Waals surface area contributed by atoms with Crippen molar-refractivity contribution in [2.75, 3.05) is 6.61 Å². The summed E-state index contributed by atoms with van der Waals surface area (Å²) in [6.45, 7) is 0.424. The van der Waals surface area contributed by atoms with Crippen molar-refractivity contribution in [2.45, 2.75) is 25.7 Å². The van der Waals surface area contributed by atoms with Crippen LogP contribution in [0.3, 0.4) is 0 Å². The van der Waals surface area contributed by atoms with Crippen molar-refractivity contribution in [1.82, 2.24) is 0 Å². The molecule has 0 radical (unpaired) electrons. The Bertz CT molecular complexity index is 370. The lowest BCUT2D eigenvalue weighted by Gasteiger charge is -2.10. The Morgan fingerprint density at radius 1 is 1.31 bits per heavy atom. The van der Waals surface area contributed by atoms with E-state index in [1.165, 1.54) is 25.0 Å². The van der Waals surface area contributed by atoms with Gasteiger partial charge in [-0.25, -0.2) is 9.18 Å². The van der Waals surface area contributed by atoms with Gasteiger partial charge in [-0.15, -0.1) is 0 Å². The molecule has 0 spiro atoms. The summed E-state index contributed by atoms with van der Waals surface area (Å²) in [6.07, 6.45) is 4.65. The number of hydrogen-bond donors (Lipinski definition) is 0. The van der Waals surface area contributed by atoms with Gasteiger partial charge in [0.15, 0.2) is 0 Å². The summed E-state index contributed by atoms with van der Waals surface area (Å²) < 4.78 is 18.4. The summed E-state index contributed by atoms with van der Waals surface area (Å²) in [4.78, 5) is 11.6. The number of benzene rings is 1. The zero-order valence-electron chi connectivity index (χ0n) is 9.12. The maximum absolute atomic E-state index is 13.2. The zero-order chi connectivity index (χ0) is 11.4. The number of esters is 1. The van der Waals surface area contributed by atoms with Crippen LogP contribution in [-0.4, -0.2) is 12.6 Å². The minimum absolute atomic E-state index is 0.0282. The van der Waals surface area contributed by atoms with E-state index in [1.54, 1.807) is 12.1 Å². The average Bonchev–Trinajstić information content (AvgIpc) is 2.79. The van der Waals surface area contributed by atoms with Crippen molar-refractivity contribution < 1.29 is 13.9 Å². The molecule has 0 atom stereocenters. The van der Waals surface area contributed by atoms with E-state index in [1.807, 2.05) is 0 Å². The molecule has 0 aliphatic heterocycles. The van der Waals surface area contributed by atoms with E-state index in [9.17, 15) is 9.18 Å². The quantitative estimate of drug-likeness (QED) is 0.734. The van der Waals surface area contributed by atoms with Crippen LogP contribution >= 0.6 is 0 Å². The maximum Gasteiger partial charge on any atom is 0.341 e. The third-order valence-corrected chi connectivity index (χ3v) is 3.02. The van der Waals surface area contributed by atoms with Gasteiger partial charge in [0.1, 0.15) is 5.82 Å². The first-order valence-corrected chi connectivity index (χ1v) is 5.69. The van der Waals surface area contributed by atoms with Gasteiger partial charge in [0, 0.05) is 0 Å². The Hall–Kier alpha value is -1.38. The number of carbonyl (C=O) groups is 1.